The summed E-state index contributed by atoms with van der Waals surface area (Å²) in [6.07, 6.45) is 5.58. The molecular formula is C40H42ClN5O3S2. The van der Waals surface area contributed by atoms with Gasteiger partial charge in [-0.25, -0.2) is 4.79 Å². The van der Waals surface area contributed by atoms with E-state index in [4.69, 9.17) is 26.5 Å². The molecule has 1 saturated carbocycles. The van der Waals surface area contributed by atoms with Crippen molar-refractivity contribution in [2.75, 3.05) is 6.61 Å². The highest BCUT2D eigenvalue weighted by Gasteiger charge is 2.41. The molecule has 8 bridgehead atoms. The SMILES string of the molecule is CCC1(n2nc(C)c3c2CSCc2cc(n(C)n2)CSc2cc(c4ccccc4c2)OCCCc2c(C(=O)O)n(C)c4c-3c(Cl)ccc24)CCC1. The van der Waals surface area contributed by atoms with Crippen molar-refractivity contribution in [3.63, 3.8) is 0 Å². The van der Waals surface area contributed by atoms with Crippen LogP contribution in [-0.2, 0) is 43.3 Å². The van der Waals surface area contributed by atoms with Crippen LogP contribution in [0.5, 0.6) is 5.75 Å². The number of aryl methyl sites for hydroxylation is 4. The van der Waals surface area contributed by atoms with Crippen LogP contribution in [0.15, 0.2) is 59.5 Å². The molecule has 1 aliphatic carbocycles. The molecule has 8 nitrogen and oxygen atoms in total. The summed E-state index contributed by atoms with van der Waals surface area (Å²) >= 11 is 10.8. The Morgan fingerprint density at radius 2 is 1.82 bits per heavy atom. The van der Waals surface area contributed by atoms with E-state index < -0.39 is 5.97 Å². The smallest absolute Gasteiger partial charge is 0.352 e. The summed E-state index contributed by atoms with van der Waals surface area (Å²) in [6.45, 7) is 4.78. The minimum absolute atomic E-state index is 0.0198. The van der Waals surface area contributed by atoms with Gasteiger partial charge in [-0.2, -0.15) is 10.2 Å². The minimum atomic E-state index is -0.950. The lowest BCUT2D eigenvalue weighted by Crippen LogP contribution is -2.41. The number of halogens is 1. The summed E-state index contributed by atoms with van der Waals surface area (Å²) in [5.74, 6) is 2.16. The lowest BCUT2D eigenvalue weighted by atomic mass is 9.75. The second kappa shape index (κ2) is 13.6. The van der Waals surface area contributed by atoms with Crippen LogP contribution in [0.25, 0.3) is 32.8 Å². The number of benzene rings is 3. The fourth-order valence-electron chi connectivity index (χ4n) is 8.16. The third kappa shape index (κ3) is 5.93. The van der Waals surface area contributed by atoms with Gasteiger partial charge in [-0.3, -0.25) is 9.36 Å². The minimum Gasteiger partial charge on any atom is -0.493 e. The number of thioether (sulfide) groups is 2. The van der Waals surface area contributed by atoms with Gasteiger partial charge in [0.05, 0.1) is 39.8 Å². The number of hydrogen-bond acceptors (Lipinski definition) is 6. The standard InChI is InChI=1S/C40H42ClN5O3S2/c1-5-40(15-9-16-40)46-33-23-50-21-26-19-27(45(4)43-26)22-51-28-18-25-10-6-7-11-29(25)34(20-28)49-17-8-12-30-31-13-14-32(41)36(35(33)24(2)42-46)37(31)44(3)38(30)39(47)48/h6-7,10-11,13-14,18-20H,5,8-9,12,15-17,21-23H2,1-4H3,(H,47,48). The fraction of sp³-hybridized carbons (Fsp3) is 0.375. The van der Waals surface area contributed by atoms with Gasteiger partial charge in [0, 0.05) is 63.8 Å². The van der Waals surface area contributed by atoms with Gasteiger partial charge >= 0.3 is 5.97 Å². The van der Waals surface area contributed by atoms with E-state index in [9.17, 15) is 9.90 Å². The first-order chi connectivity index (χ1) is 24.7. The second-order valence-electron chi connectivity index (χ2n) is 13.9. The maximum absolute atomic E-state index is 12.9. The molecule has 0 spiro atoms. The third-order valence-electron chi connectivity index (χ3n) is 10.9. The number of carboxylic acid groups (broad SMARTS) is 1. The van der Waals surface area contributed by atoms with Crippen LogP contribution in [0.2, 0.25) is 5.02 Å². The van der Waals surface area contributed by atoms with E-state index in [-0.39, 0.29) is 11.2 Å². The van der Waals surface area contributed by atoms with Crippen molar-refractivity contribution < 1.29 is 14.6 Å². The van der Waals surface area contributed by atoms with Gasteiger partial charge in [-0.05, 0) is 80.7 Å². The predicted molar refractivity (Wildman–Crippen MR) is 208 cm³/mol. The van der Waals surface area contributed by atoms with E-state index in [2.05, 4.69) is 54.9 Å². The van der Waals surface area contributed by atoms with Crippen molar-refractivity contribution in [3.8, 4) is 16.9 Å². The Balaban J connectivity index is 1.29. The topological polar surface area (TPSA) is 87.1 Å². The molecule has 0 radical (unpaired) electrons. The zero-order valence-corrected chi connectivity index (χ0v) is 31.9. The molecule has 3 aromatic carbocycles. The van der Waals surface area contributed by atoms with Gasteiger partial charge in [0.15, 0.2) is 0 Å². The highest BCUT2D eigenvalue weighted by molar-refractivity contribution is 7.98. The molecule has 6 aromatic rings. The molecule has 0 amide bonds. The molecule has 1 N–H and O–H groups in total. The van der Waals surface area contributed by atoms with Crippen molar-refractivity contribution >= 4 is 62.8 Å². The number of aromatic nitrogens is 5. The molecule has 4 heterocycles. The molecular weight excluding hydrogens is 698 g/mol. The highest BCUT2D eigenvalue weighted by Crippen LogP contribution is 2.48. The van der Waals surface area contributed by atoms with Crippen LogP contribution in [0.4, 0.5) is 0 Å². The van der Waals surface area contributed by atoms with Crippen molar-refractivity contribution in [2.45, 2.75) is 80.1 Å². The molecule has 3 aromatic heterocycles. The number of hydrogen-bond donors (Lipinski definition) is 1. The first kappa shape index (κ1) is 34.2. The summed E-state index contributed by atoms with van der Waals surface area (Å²) in [6, 6.07) is 18.8. The molecule has 2 aliphatic rings. The number of ether oxygens (including phenoxy) is 1. The summed E-state index contributed by atoms with van der Waals surface area (Å²) < 4.78 is 12.6. The van der Waals surface area contributed by atoms with Crippen LogP contribution < -0.4 is 4.74 Å². The van der Waals surface area contributed by atoms with Gasteiger partial charge in [0.1, 0.15) is 11.4 Å². The fourth-order valence-corrected chi connectivity index (χ4v) is 10.3. The molecule has 1 fully saturated rings. The van der Waals surface area contributed by atoms with Gasteiger partial charge in [-0.15, -0.1) is 23.5 Å². The normalized spacial score (nSPS) is 16.4. The Morgan fingerprint density at radius 1 is 1.00 bits per heavy atom. The Bertz CT molecular complexity index is 2310. The molecule has 1 aliphatic heterocycles. The number of carbonyl (C=O) groups is 1. The number of nitrogens with zero attached hydrogens (tertiary/aromatic N) is 5. The van der Waals surface area contributed by atoms with Crippen molar-refractivity contribution in [3.05, 3.63) is 93.7 Å². The van der Waals surface area contributed by atoms with E-state index in [1.165, 1.54) is 12.1 Å². The molecule has 11 heteroatoms. The zero-order valence-electron chi connectivity index (χ0n) is 29.5. The Morgan fingerprint density at radius 3 is 2.59 bits per heavy atom. The van der Waals surface area contributed by atoms with Crippen LogP contribution in [0.1, 0.15) is 77.9 Å². The van der Waals surface area contributed by atoms with Crippen LogP contribution >= 0.6 is 35.1 Å². The molecule has 8 rings (SSSR count). The van der Waals surface area contributed by atoms with Gasteiger partial charge in [-0.1, -0.05) is 48.9 Å². The van der Waals surface area contributed by atoms with E-state index >= 15 is 0 Å². The molecule has 0 saturated heterocycles. The van der Waals surface area contributed by atoms with Crippen LogP contribution in [0.3, 0.4) is 0 Å². The molecule has 264 valence electrons. The average Bonchev–Trinajstić information content (AvgIpc) is 3.71. The number of carboxylic acids is 1. The van der Waals surface area contributed by atoms with E-state index in [1.807, 2.05) is 53.3 Å². The van der Waals surface area contributed by atoms with E-state index in [0.29, 0.717) is 24.5 Å². The lowest BCUT2D eigenvalue weighted by Gasteiger charge is -2.42. The Kier molecular flexibility index (Phi) is 9.13. The average molecular weight is 740 g/mol. The molecule has 51 heavy (non-hydrogen) atoms. The van der Waals surface area contributed by atoms with E-state index in [0.717, 1.165) is 103 Å². The predicted octanol–water partition coefficient (Wildman–Crippen LogP) is 9.93. The maximum atomic E-state index is 12.9. The van der Waals surface area contributed by atoms with E-state index in [1.54, 1.807) is 11.8 Å². The number of aromatic carboxylic acids is 1. The van der Waals surface area contributed by atoms with Crippen molar-refractivity contribution in [1.29, 1.82) is 0 Å². The Labute approximate surface area is 311 Å². The highest BCUT2D eigenvalue weighted by atomic mass is 35.5. The summed E-state index contributed by atoms with van der Waals surface area (Å²) in [4.78, 5) is 14.1. The largest absolute Gasteiger partial charge is 0.493 e. The van der Waals surface area contributed by atoms with Crippen molar-refractivity contribution in [2.24, 2.45) is 14.1 Å². The summed E-state index contributed by atoms with van der Waals surface area (Å²) in [5.41, 5.74) is 8.05. The molecule has 0 unspecified atom stereocenters. The third-order valence-corrected chi connectivity index (χ3v) is 13.2. The lowest BCUT2D eigenvalue weighted by molar-refractivity contribution is 0.0685. The summed E-state index contributed by atoms with van der Waals surface area (Å²) in [5, 5.41) is 24.5. The number of rotatable bonds is 3. The number of fused-ring (bicyclic) bond motifs is 8. The summed E-state index contributed by atoms with van der Waals surface area (Å²) in [7, 11) is 3.88. The molecule has 0 atom stereocenters. The van der Waals surface area contributed by atoms with Crippen molar-refractivity contribution in [1.82, 2.24) is 24.1 Å². The first-order valence-corrected chi connectivity index (χ1v) is 20.2. The van der Waals surface area contributed by atoms with Gasteiger partial charge in [0.25, 0.3) is 0 Å². The van der Waals surface area contributed by atoms with Crippen LogP contribution in [0, 0.1) is 6.92 Å². The van der Waals surface area contributed by atoms with Gasteiger partial charge in [0.2, 0.25) is 0 Å². The van der Waals surface area contributed by atoms with Crippen LogP contribution in [-0.4, -0.2) is 41.8 Å². The van der Waals surface area contributed by atoms with Gasteiger partial charge < -0.3 is 14.4 Å². The quantitative estimate of drug-likeness (QED) is 0.193. The Hall–Kier alpha value is -3.86. The maximum Gasteiger partial charge on any atom is 0.352 e. The second-order valence-corrected chi connectivity index (χ2v) is 16.3. The first-order valence-electron chi connectivity index (χ1n) is 17.7. The monoisotopic (exact) mass is 739 g/mol. The zero-order chi connectivity index (χ0) is 35.4.